The lowest BCUT2D eigenvalue weighted by Crippen LogP contribution is -2.32. The van der Waals surface area contributed by atoms with Crippen LogP contribution in [0.4, 0.5) is 10.5 Å². The molecule has 0 aliphatic carbocycles. The largest absolute Gasteiger partial charge is 0.497 e. The summed E-state index contributed by atoms with van der Waals surface area (Å²) in [6, 6.07) is 6.78. The predicted molar refractivity (Wildman–Crippen MR) is 76.8 cm³/mol. The lowest BCUT2D eigenvalue weighted by Gasteiger charge is -2.15. The smallest absolute Gasteiger partial charge is 0.319 e. The maximum Gasteiger partial charge on any atom is 0.319 e. The molecule has 20 heavy (non-hydrogen) atoms. The molecule has 0 aliphatic heterocycles. The summed E-state index contributed by atoms with van der Waals surface area (Å²) < 4.78 is 5.11. The quantitative estimate of drug-likeness (QED) is 0.784. The SMILES string of the molecule is CCC(NC(=O)Nc1cccc(OC)c1)c1ncc[nH]1. The Labute approximate surface area is 117 Å². The molecule has 0 radical (unpaired) electrons. The van der Waals surface area contributed by atoms with Crippen molar-refractivity contribution < 1.29 is 9.53 Å². The van der Waals surface area contributed by atoms with E-state index in [2.05, 4.69) is 20.6 Å². The van der Waals surface area contributed by atoms with E-state index in [1.165, 1.54) is 0 Å². The number of imidazole rings is 1. The first kappa shape index (κ1) is 13.9. The highest BCUT2D eigenvalue weighted by Crippen LogP contribution is 2.17. The summed E-state index contributed by atoms with van der Waals surface area (Å²) in [5.74, 6) is 1.44. The summed E-state index contributed by atoms with van der Waals surface area (Å²) in [5, 5.41) is 5.64. The number of aromatic amines is 1. The van der Waals surface area contributed by atoms with Crippen molar-refractivity contribution in [2.75, 3.05) is 12.4 Å². The van der Waals surface area contributed by atoms with E-state index >= 15 is 0 Å². The molecular formula is C14H18N4O2. The lowest BCUT2D eigenvalue weighted by molar-refractivity contribution is 0.247. The van der Waals surface area contributed by atoms with E-state index in [4.69, 9.17) is 4.74 Å². The normalized spacial score (nSPS) is 11.7. The highest BCUT2D eigenvalue weighted by Gasteiger charge is 2.14. The van der Waals surface area contributed by atoms with Crippen molar-refractivity contribution >= 4 is 11.7 Å². The molecule has 1 unspecified atom stereocenters. The minimum atomic E-state index is -0.276. The molecule has 0 aliphatic rings. The first-order valence-corrected chi connectivity index (χ1v) is 6.43. The molecule has 1 atom stereocenters. The molecule has 0 fully saturated rings. The monoisotopic (exact) mass is 274 g/mol. The van der Waals surface area contributed by atoms with Crippen LogP contribution in [-0.2, 0) is 0 Å². The number of H-pyrrole nitrogens is 1. The molecule has 106 valence electrons. The van der Waals surface area contributed by atoms with Gasteiger partial charge in [0.2, 0.25) is 0 Å². The number of carbonyl (C=O) groups is 1. The minimum Gasteiger partial charge on any atom is -0.497 e. The summed E-state index contributed by atoms with van der Waals surface area (Å²) in [6.07, 6.45) is 4.15. The van der Waals surface area contributed by atoms with E-state index in [1.807, 2.05) is 19.1 Å². The third kappa shape index (κ3) is 3.50. The number of carbonyl (C=O) groups excluding carboxylic acids is 1. The Hall–Kier alpha value is -2.50. The maximum absolute atomic E-state index is 12.0. The van der Waals surface area contributed by atoms with Gasteiger partial charge in [-0.15, -0.1) is 0 Å². The fourth-order valence-electron chi connectivity index (χ4n) is 1.86. The van der Waals surface area contributed by atoms with E-state index in [0.29, 0.717) is 11.4 Å². The zero-order valence-corrected chi connectivity index (χ0v) is 11.5. The Morgan fingerprint density at radius 3 is 3.00 bits per heavy atom. The molecule has 0 bridgehead atoms. The zero-order valence-electron chi connectivity index (χ0n) is 11.5. The Morgan fingerprint density at radius 2 is 2.35 bits per heavy atom. The van der Waals surface area contributed by atoms with Crippen LogP contribution >= 0.6 is 0 Å². The molecule has 0 saturated carbocycles. The van der Waals surface area contributed by atoms with Gasteiger partial charge in [0.05, 0.1) is 13.2 Å². The van der Waals surface area contributed by atoms with Gasteiger partial charge < -0.3 is 20.4 Å². The second-order valence-corrected chi connectivity index (χ2v) is 4.27. The number of urea groups is 1. The van der Waals surface area contributed by atoms with Crippen LogP contribution in [0.15, 0.2) is 36.7 Å². The third-order valence-corrected chi connectivity index (χ3v) is 2.89. The number of methoxy groups -OCH3 is 1. The van der Waals surface area contributed by atoms with Gasteiger partial charge in [0.25, 0.3) is 0 Å². The number of amides is 2. The second-order valence-electron chi connectivity index (χ2n) is 4.27. The summed E-state index contributed by atoms with van der Waals surface area (Å²) in [7, 11) is 1.59. The molecule has 6 nitrogen and oxygen atoms in total. The average molecular weight is 274 g/mol. The fourth-order valence-corrected chi connectivity index (χ4v) is 1.86. The molecule has 1 heterocycles. The highest BCUT2D eigenvalue weighted by molar-refractivity contribution is 5.89. The van der Waals surface area contributed by atoms with Crippen LogP contribution in [0.1, 0.15) is 25.2 Å². The van der Waals surface area contributed by atoms with Crippen LogP contribution in [0.3, 0.4) is 0 Å². The standard InChI is InChI=1S/C14H18N4O2/c1-3-12(13-15-7-8-16-13)18-14(19)17-10-5-4-6-11(9-10)20-2/h4-9,12H,3H2,1-2H3,(H,15,16)(H2,17,18,19). The van der Waals surface area contributed by atoms with Gasteiger partial charge in [0.15, 0.2) is 0 Å². The van der Waals surface area contributed by atoms with Gasteiger partial charge in [-0.05, 0) is 18.6 Å². The maximum atomic E-state index is 12.0. The van der Waals surface area contributed by atoms with Crippen LogP contribution in [0.2, 0.25) is 0 Å². The number of hydrogen-bond donors (Lipinski definition) is 3. The summed E-state index contributed by atoms with van der Waals surface area (Å²) in [6.45, 7) is 1.99. The number of hydrogen-bond acceptors (Lipinski definition) is 3. The first-order chi connectivity index (χ1) is 9.72. The first-order valence-electron chi connectivity index (χ1n) is 6.43. The second kappa shape index (κ2) is 6.60. The molecule has 2 amide bonds. The van der Waals surface area contributed by atoms with Crippen molar-refractivity contribution in [3.05, 3.63) is 42.5 Å². The van der Waals surface area contributed by atoms with Gasteiger partial charge in [-0.3, -0.25) is 0 Å². The number of aromatic nitrogens is 2. The Morgan fingerprint density at radius 1 is 1.50 bits per heavy atom. The van der Waals surface area contributed by atoms with Crippen LogP contribution in [0.25, 0.3) is 0 Å². The number of anilines is 1. The van der Waals surface area contributed by atoms with Crippen LogP contribution < -0.4 is 15.4 Å². The molecule has 1 aromatic carbocycles. The van der Waals surface area contributed by atoms with Crippen LogP contribution in [0, 0.1) is 0 Å². The van der Waals surface area contributed by atoms with E-state index in [0.717, 1.165) is 12.2 Å². The number of nitrogens with one attached hydrogen (secondary N) is 3. The minimum absolute atomic E-state index is 0.143. The molecule has 3 N–H and O–H groups in total. The molecular weight excluding hydrogens is 256 g/mol. The summed E-state index contributed by atoms with van der Waals surface area (Å²) >= 11 is 0. The van der Waals surface area contributed by atoms with Gasteiger partial charge >= 0.3 is 6.03 Å². The van der Waals surface area contributed by atoms with E-state index in [1.54, 1.807) is 31.6 Å². The average Bonchev–Trinajstić information content (AvgIpc) is 2.99. The number of rotatable bonds is 5. The third-order valence-electron chi connectivity index (χ3n) is 2.89. The van der Waals surface area contributed by atoms with Crippen molar-refractivity contribution in [1.82, 2.24) is 15.3 Å². The Bertz CT molecular complexity index is 554. The number of nitrogens with zero attached hydrogens (tertiary/aromatic N) is 1. The van der Waals surface area contributed by atoms with Gasteiger partial charge in [-0.2, -0.15) is 0 Å². The molecule has 2 rings (SSSR count). The summed E-state index contributed by atoms with van der Waals surface area (Å²) in [4.78, 5) is 19.1. The van der Waals surface area contributed by atoms with E-state index in [9.17, 15) is 4.79 Å². The van der Waals surface area contributed by atoms with Gasteiger partial charge in [-0.1, -0.05) is 13.0 Å². The lowest BCUT2D eigenvalue weighted by atomic mass is 10.2. The van der Waals surface area contributed by atoms with Crippen molar-refractivity contribution in [2.24, 2.45) is 0 Å². The van der Waals surface area contributed by atoms with Crippen molar-refractivity contribution in [3.63, 3.8) is 0 Å². The predicted octanol–water partition coefficient (Wildman–Crippen LogP) is 2.69. The van der Waals surface area contributed by atoms with Gasteiger partial charge in [-0.25, -0.2) is 9.78 Å². The van der Waals surface area contributed by atoms with Crippen LogP contribution in [-0.4, -0.2) is 23.1 Å². The zero-order chi connectivity index (χ0) is 14.4. The van der Waals surface area contributed by atoms with Crippen LogP contribution in [0.5, 0.6) is 5.75 Å². The molecule has 1 aromatic heterocycles. The van der Waals surface area contributed by atoms with E-state index in [-0.39, 0.29) is 12.1 Å². The topological polar surface area (TPSA) is 79.0 Å². The van der Waals surface area contributed by atoms with Crippen molar-refractivity contribution in [2.45, 2.75) is 19.4 Å². The van der Waals surface area contributed by atoms with Crippen molar-refractivity contribution in [1.29, 1.82) is 0 Å². The summed E-state index contributed by atoms with van der Waals surface area (Å²) in [5.41, 5.74) is 0.677. The fraction of sp³-hybridized carbons (Fsp3) is 0.286. The van der Waals surface area contributed by atoms with Gasteiger partial charge in [0.1, 0.15) is 11.6 Å². The molecule has 2 aromatic rings. The van der Waals surface area contributed by atoms with Crippen molar-refractivity contribution in [3.8, 4) is 5.75 Å². The van der Waals surface area contributed by atoms with Gasteiger partial charge in [0, 0.05) is 24.1 Å². The molecule has 0 saturated heterocycles. The molecule has 0 spiro atoms. The molecule has 6 heteroatoms. The Balaban J connectivity index is 1.97. The Kier molecular flexibility index (Phi) is 4.60. The number of benzene rings is 1. The highest BCUT2D eigenvalue weighted by atomic mass is 16.5. The van der Waals surface area contributed by atoms with E-state index < -0.39 is 0 Å². The number of ether oxygens (including phenoxy) is 1.